The molecule has 6 rings (SSSR count). The van der Waals surface area contributed by atoms with E-state index in [-0.39, 0.29) is 20.2 Å². The third-order valence-electron chi connectivity index (χ3n) is 7.62. The summed E-state index contributed by atoms with van der Waals surface area (Å²) in [5.74, 6) is 3.21. The molecule has 0 aliphatic heterocycles. The van der Waals surface area contributed by atoms with Crippen molar-refractivity contribution in [3.05, 3.63) is 192 Å². The van der Waals surface area contributed by atoms with E-state index in [2.05, 4.69) is 26.0 Å². The Kier molecular flexibility index (Phi) is 22.0. The average molecular weight is 781 g/mol. The van der Waals surface area contributed by atoms with Crippen LogP contribution in [0.15, 0.2) is 181 Å². The highest BCUT2D eigenvalue weighted by Crippen LogP contribution is 2.43. The highest BCUT2D eigenvalue weighted by molar-refractivity contribution is 7.51. The Hall–Kier alpha value is -5.32. The molecule has 2 atom stereocenters. The van der Waals surface area contributed by atoms with Crippen LogP contribution in [-0.4, -0.2) is 20.2 Å². The lowest BCUT2D eigenvalue weighted by Gasteiger charge is -2.26. The second-order valence-corrected chi connectivity index (χ2v) is 13.7. The Morgan fingerprint density at radius 1 is 0.545 bits per heavy atom. The molecule has 0 bridgehead atoms. The first-order valence-electron chi connectivity index (χ1n) is 18.0. The zero-order valence-electron chi connectivity index (χ0n) is 32.4. The van der Waals surface area contributed by atoms with E-state index < -0.39 is 8.38 Å². The number of hydrogen-bond acceptors (Lipinski definition) is 7. The molecule has 6 aromatic rings. The van der Waals surface area contributed by atoms with E-state index in [1.807, 2.05) is 131 Å². The predicted octanol–water partition coefficient (Wildman–Crippen LogP) is 13.2. The predicted molar refractivity (Wildman–Crippen MR) is 231 cm³/mol. The monoisotopic (exact) mass is 780 g/mol. The largest absolute Gasteiger partial charge is 0.508 e. The minimum Gasteiger partial charge on any atom is -0.508 e. The van der Waals surface area contributed by atoms with Crippen LogP contribution in [0.3, 0.4) is 0 Å². The summed E-state index contributed by atoms with van der Waals surface area (Å²) in [5.41, 5.74) is 2.17. The molecule has 0 spiro atoms. The molecule has 6 aromatic carbocycles. The Morgan fingerprint density at radius 3 is 1.25 bits per heavy atom. The first-order chi connectivity index (χ1) is 26.6. The SMILES string of the molecule is CC.CC(C)(c1ccc(O)cc1)c1ccc(OPOc2ccccc2)cc1.CC=C(CC)P(O)Oc1ccccc1.Oc1ccccc1.Oc1ccccc1. The molecule has 9 heteroatoms. The van der Waals surface area contributed by atoms with Gasteiger partial charge in [-0.25, -0.2) is 0 Å². The van der Waals surface area contributed by atoms with E-state index in [1.165, 1.54) is 5.56 Å². The third-order valence-corrected chi connectivity index (χ3v) is 9.70. The standard InChI is InChI=1S/C21H21O3P.C11H15O2P.2C6H6O.C2H6/c1-21(2,16-8-12-18(22)13-9-16)17-10-14-20(15-11-17)24-25-23-19-6-4-3-5-7-19;1-3-11(4-2)14(12)13-10-8-6-5-7-9-10;2*7-6-4-2-1-3-5-6;1-2/h3-15,22,25H,1-2H3;3,5-9,12H,4H2,1-2H3;2*1-5,7H;1-2H3. The fourth-order valence-electron chi connectivity index (χ4n) is 4.54. The smallest absolute Gasteiger partial charge is 0.275 e. The van der Waals surface area contributed by atoms with E-state index in [1.54, 1.807) is 60.7 Å². The summed E-state index contributed by atoms with van der Waals surface area (Å²) >= 11 is 0. The molecule has 7 nitrogen and oxygen atoms in total. The Bertz CT molecular complexity index is 1820. The van der Waals surface area contributed by atoms with Gasteiger partial charge in [0.05, 0.1) is 0 Å². The molecule has 0 aromatic heterocycles. The molecule has 55 heavy (non-hydrogen) atoms. The third kappa shape index (κ3) is 18.0. The van der Waals surface area contributed by atoms with Crippen molar-refractivity contribution in [3.63, 3.8) is 0 Å². The summed E-state index contributed by atoms with van der Waals surface area (Å²) in [7, 11) is -1.55. The topological polar surface area (TPSA) is 109 Å². The molecular weight excluding hydrogens is 726 g/mol. The van der Waals surface area contributed by atoms with Crippen LogP contribution in [0.4, 0.5) is 0 Å². The van der Waals surface area contributed by atoms with E-state index in [0.717, 1.165) is 28.8 Å². The van der Waals surface area contributed by atoms with Crippen LogP contribution in [0.1, 0.15) is 59.1 Å². The van der Waals surface area contributed by atoms with Gasteiger partial charge in [-0.3, -0.25) is 0 Å². The maximum Gasteiger partial charge on any atom is 0.275 e. The second-order valence-electron chi connectivity index (χ2n) is 11.8. The molecule has 0 fully saturated rings. The van der Waals surface area contributed by atoms with Gasteiger partial charge in [0.2, 0.25) is 0 Å². The van der Waals surface area contributed by atoms with Crippen molar-refractivity contribution in [2.75, 3.05) is 0 Å². The first-order valence-corrected chi connectivity index (χ1v) is 20.0. The molecule has 0 aliphatic rings. The lowest BCUT2D eigenvalue weighted by atomic mass is 9.78. The minimum atomic E-state index is -1.46. The van der Waals surface area contributed by atoms with Gasteiger partial charge in [-0.2, -0.15) is 0 Å². The zero-order valence-corrected chi connectivity index (χ0v) is 34.3. The fourth-order valence-corrected chi connectivity index (χ4v) is 5.97. The van der Waals surface area contributed by atoms with Gasteiger partial charge in [0.25, 0.3) is 17.4 Å². The van der Waals surface area contributed by atoms with Crippen LogP contribution in [-0.2, 0) is 5.41 Å². The van der Waals surface area contributed by atoms with Gasteiger partial charge >= 0.3 is 0 Å². The van der Waals surface area contributed by atoms with Crippen LogP contribution < -0.4 is 13.6 Å². The second kappa shape index (κ2) is 26.5. The summed E-state index contributed by atoms with van der Waals surface area (Å²) in [5, 5.41) is 27.7. The minimum absolute atomic E-state index is 0.0859. The van der Waals surface area contributed by atoms with Gasteiger partial charge in [0, 0.05) is 10.7 Å². The van der Waals surface area contributed by atoms with Crippen LogP contribution in [0, 0.1) is 0 Å². The molecule has 0 radical (unpaired) electrons. The normalized spacial score (nSPS) is 11.1. The molecule has 0 amide bonds. The maximum absolute atomic E-state index is 9.74. The quantitative estimate of drug-likeness (QED) is 0.103. The van der Waals surface area contributed by atoms with Gasteiger partial charge in [0.1, 0.15) is 34.5 Å². The van der Waals surface area contributed by atoms with Gasteiger partial charge in [-0.05, 0) is 97.3 Å². The van der Waals surface area contributed by atoms with Crippen molar-refractivity contribution >= 4 is 17.4 Å². The van der Waals surface area contributed by atoms with E-state index in [0.29, 0.717) is 17.2 Å². The summed E-state index contributed by atoms with van der Waals surface area (Å²) in [6.07, 6.45) is 2.74. The summed E-state index contributed by atoms with van der Waals surface area (Å²) < 4.78 is 16.7. The van der Waals surface area contributed by atoms with Crippen molar-refractivity contribution in [1.29, 1.82) is 0 Å². The molecule has 4 N–H and O–H groups in total. The number of phenolic OH excluding ortho intramolecular Hbond substituents is 3. The van der Waals surface area contributed by atoms with Crippen molar-refractivity contribution in [3.8, 4) is 34.5 Å². The summed E-state index contributed by atoms with van der Waals surface area (Å²) in [6.45, 7) is 12.2. The number of para-hydroxylation sites is 4. The lowest BCUT2D eigenvalue weighted by Crippen LogP contribution is -2.18. The number of hydrogen-bond donors (Lipinski definition) is 4. The van der Waals surface area contributed by atoms with Crippen LogP contribution in [0.2, 0.25) is 0 Å². The van der Waals surface area contributed by atoms with Gasteiger partial charge in [-0.15, -0.1) is 0 Å². The summed E-state index contributed by atoms with van der Waals surface area (Å²) in [4.78, 5) is 9.74. The molecule has 290 valence electrons. The molecule has 0 heterocycles. The van der Waals surface area contributed by atoms with Crippen molar-refractivity contribution in [1.82, 2.24) is 0 Å². The molecular formula is C46H54O7P2. The van der Waals surface area contributed by atoms with Gasteiger partial charge in [-0.1, -0.05) is 138 Å². The van der Waals surface area contributed by atoms with Crippen molar-refractivity contribution in [2.45, 2.75) is 53.4 Å². The van der Waals surface area contributed by atoms with E-state index in [4.69, 9.17) is 23.8 Å². The zero-order chi connectivity index (χ0) is 40.3. The van der Waals surface area contributed by atoms with Crippen LogP contribution in [0.5, 0.6) is 34.5 Å². The number of phenols is 3. The number of allylic oxidation sites excluding steroid dienone is 2. The summed E-state index contributed by atoms with van der Waals surface area (Å²) in [6, 6.07) is 51.8. The maximum atomic E-state index is 9.74. The molecule has 0 saturated carbocycles. The molecule has 2 unspecified atom stereocenters. The Labute approximate surface area is 330 Å². The Balaban J connectivity index is 0.000000290. The van der Waals surface area contributed by atoms with Crippen molar-refractivity contribution < 1.29 is 33.8 Å². The molecule has 0 saturated heterocycles. The van der Waals surface area contributed by atoms with Crippen LogP contribution >= 0.6 is 17.4 Å². The highest BCUT2D eigenvalue weighted by atomic mass is 31.2. The average Bonchev–Trinajstić information content (AvgIpc) is 3.22. The van der Waals surface area contributed by atoms with Crippen molar-refractivity contribution in [2.24, 2.45) is 0 Å². The number of benzene rings is 6. The van der Waals surface area contributed by atoms with E-state index >= 15 is 0 Å². The molecule has 0 aliphatic carbocycles. The first kappa shape index (κ1) is 45.8. The number of rotatable bonds is 10. The van der Waals surface area contributed by atoms with Gasteiger partial charge in [0.15, 0.2) is 0 Å². The van der Waals surface area contributed by atoms with Crippen LogP contribution in [0.25, 0.3) is 0 Å². The van der Waals surface area contributed by atoms with Gasteiger partial charge < -0.3 is 33.8 Å². The Morgan fingerprint density at radius 2 is 0.891 bits per heavy atom. The number of aromatic hydroxyl groups is 3. The fraction of sp³-hybridized carbons (Fsp3) is 0.174. The lowest BCUT2D eigenvalue weighted by molar-refractivity contribution is 0.474. The highest BCUT2D eigenvalue weighted by Gasteiger charge is 2.23. The van der Waals surface area contributed by atoms with E-state index in [9.17, 15) is 10.00 Å².